The number of ether oxygens (including phenoxy) is 1. The van der Waals surface area contributed by atoms with Crippen molar-refractivity contribution in [2.24, 2.45) is 0 Å². The van der Waals surface area contributed by atoms with Crippen molar-refractivity contribution in [2.75, 3.05) is 11.9 Å². The Kier molecular flexibility index (Phi) is 2.59. The average Bonchev–Trinajstić information content (AvgIpc) is 2.78. The van der Waals surface area contributed by atoms with Crippen LogP contribution in [0.15, 0.2) is 24.3 Å². The molecule has 1 aromatic heterocycles. The Morgan fingerprint density at radius 3 is 2.83 bits per heavy atom. The molecule has 92 valence electrons. The highest BCUT2D eigenvalue weighted by Gasteiger charge is 2.24. The molecule has 1 aromatic carbocycles. The first kappa shape index (κ1) is 11.0. The molecule has 1 unspecified atom stereocenters. The molecule has 0 fully saturated rings. The predicted molar refractivity (Wildman–Crippen MR) is 67.6 cm³/mol. The smallest absolute Gasteiger partial charge is 0.243 e. The van der Waals surface area contributed by atoms with Crippen molar-refractivity contribution >= 4 is 5.95 Å². The average molecular weight is 242 g/mol. The lowest BCUT2D eigenvalue weighted by Crippen LogP contribution is -2.15. The highest BCUT2D eigenvalue weighted by molar-refractivity contribution is 5.43. The van der Waals surface area contributed by atoms with E-state index in [1.165, 1.54) is 0 Å². The van der Waals surface area contributed by atoms with E-state index in [-0.39, 0.29) is 6.04 Å². The van der Waals surface area contributed by atoms with Crippen LogP contribution in [0, 0.1) is 13.8 Å². The number of anilines is 1. The monoisotopic (exact) mass is 242 g/mol. The molecule has 3 rings (SSSR count). The zero-order chi connectivity index (χ0) is 12.5. The lowest BCUT2D eigenvalue weighted by molar-refractivity contribution is 0.339. The molecular weight excluding hydrogens is 228 g/mol. The highest BCUT2D eigenvalue weighted by Crippen LogP contribution is 2.33. The van der Waals surface area contributed by atoms with E-state index in [1.54, 1.807) is 0 Å². The third kappa shape index (κ3) is 1.88. The van der Waals surface area contributed by atoms with Crippen molar-refractivity contribution in [1.82, 2.24) is 15.2 Å². The molecule has 2 heterocycles. The van der Waals surface area contributed by atoms with Gasteiger partial charge in [-0.3, -0.25) is 0 Å². The molecule has 0 amide bonds. The van der Waals surface area contributed by atoms with Gasteiger partial charge in [-0.2, -0.15) is 5.10 Å². The van der Waals surface area contributed by atoms with Crippen LogP contribution in [0.25, 0.3) is 0 Å². The van der Waals surface area contributed by atoms with Gasteiger partial charge in [-0.25, -0.2) is 4.98 Å². The maximum Gasteiger partial charge on any atom is 0.243 e. The Morgan fingerprint density at radius 2 is 2.00 bits per heavy atom. The molecule has 0 saturated heterocycles. The fourth-order valence-corrected chi connectivity index (χ4v) is 1.96. The fourth-order valence-electron chi connectivity index (χ4n) is 1.96. The zero-order valence-electron chi connectivity index (χ0n) is 10.3. The van der Waals surface area contributed by atoms with Crippen LogP contribution in [0.4, 0.5) is 5.95 Å². The minimum Gasteiger partial charge on any atom is -0.491 e. The van der Waals surface area contributed by atoms with Gasteiger partial charge in [0.15, 0.2) is 0 Å². The number of nitrogens with one attached hydrogen (secondary N) is 1. The van der Waals surface area contributed by atoms with Crippen LogP contribution < -0.4 is 10.1 Å². The number of fused-ring (bicyclic) bond motifs is 1. The van der Waals surface area contributed by atoms with Gasteiger partial charge in [-0.15, -0.1) is 5.10 Å². The number of benzene rings is 1. The second-order valence-electron chi connectivity index (χ2n) is 4.35. The van der Waals surface area contributed by atoms with Gasteiger partial charge in [-0.05, 0) is 19.9 Å². The summed E-state index contributed by atoms with van der Waals surface area (Å²) < 4.78 is 5.60. The molecule has 0 aliphatic carbocycles. The van der Waals surface area contributed by atoms with Gasteiger partial charge >= 0.3 is 0 Å². The normalized spacial score (nSPS) is 17.1. The lowest BCUT2D eigenvalue weighted by Gasteiger charge is -2.11. The topological polar surface area (TPSA) is 59.9 Å². The lowest BCUT2D eigenvalue weighted by atomic mass is 10.1. The molecule has 1 atom stereocenters. The van der Waals surface area contributed by atoms with E-state index < -0.39 is 0 Å². The van der Waals surface area contributed by atoms with Crippen LogP contribution in [0.2, 0.25) is 0 Å². The minimum absolute atomic E-state index is 0.0881. The van der Waals surface area contributed by atoms with Crippen molar-refractivity contribution in [3.8, 4) is 5.75 Å². The van der Waals surface area contributed by atoms with E-state index >= 15 is 0 Å². The number of aromatic nitrogens is 3. The third-order valence-electron chi connectivity index (χ3n) is 3.10. The summed E-state index contributed by atoms with van der Waals surface area (Å²) in [7, 11) is 0. The first-order valence-corrected chi connectivity index (χ1v) is 5.90. The Morgan fingerprint density at radius 1 is 1.17 bits per heavy atom. The van der Waals surface area contributed by atoms with Crippen LogP contribution in [-0.4, -0.2) is 21.8 Å². The molecule has 1 aliphatic rings. The van der Waals surface area contributed by atoms with Gasteiger partial charge in [0.1, 0.15) is 12.4 Å². The predicted octanol–water partition coefficient (Wildman–Crippen LogP) is 2.03. The molecule has 1 aliphatic heterocycles. The number of hydrogen-bond donors (Lipinski definition) is 1. The number of nitrogens with zero attached hydrogens (tertiary/aromatic N) is 3. The van der Waals surface area contributed by atoms with Crippen LogP contribution in [0.3, 0.4) is 0 Å². The van der Waals surface area contributed by atoms with Gasteiger partial charge in [0.2, 0.25) is 5.95 Å². The zero-order valence-corrected chi connectivity index (χ0v) is 10.3. The SMILES string of the molecule is Cc1nnc(NC2COc3ccccc32)nc1C. The molecule has 0 radical (unpaired) electrons. The minimum atomic E-state index is 0.0881. The van der Waals surface area contributed by atoms with E-state index in [0.717, 1.165) is 22.7 Å². The van der Waals surface area contributed by atoms with E-state index in [0.29, 0.717) is 12.6 Å². The summed E-state index contributed by atoms with van der Waals surface area (Å²) in [5.41, 5.74) is 2.88. The summed E-state index contributed by atoms with van der Waals surface area (Å²) in [6.07, 6.45) is 0. The van der Waals surface area contributed by atoms with Crippen molar-refractivity contribution in [2.45, 2.75) is 19.9 Å². The molecule has 0 bridgehead atoms. The quantitative estimate of drug-likeness (QED) is 0.873. The molecular formula is C13H14N4O. The summed E-state index contributed by atoms with van der Waals surface area (Å²) in [4.78, 5) is 4.37. The van der Waals surface area contributed by atoms with E-state index in [9.17, 15) is 0 Å². The van der Waals surface area contributed by atoms with Crippen molar-refractivity contribution in [3.63, 3.8) is 0 Å². The molecule has 1 N–H and O–H groups in total. The summed E-state index contributed by atoms with van der Waals surface area (Å²) in [6, 6.07) is 8.08. The van der Waals surface area contributed by atoms with Crippen LogP contribution in [0.5, 0.6) is 5.75 Å². The summed E-state index contributed by atoms with van der Waals surface area (Å²) in [5.74, 6) is 1.47. The molecule has 18 heavy (non-hydrogen) atoms. The second kappa shape index (κ2) is 4.25. The van der Waals surface area contributed by atoms with Crippen molar-refractivity contribution < 1.29 is 4.74 Å². The van der Waals surface area contributed by atoms with Gasteiger partial charge in [-0.1, -0.05) is 18.2 Å². The summed E-state index contributed by atoms with van der Waals surface area (Å²) in [6.45, 7) is 4.41. The van der Waals surface area contributed by atoms with E-state index in [2.05, 4.69) is 26.6 Å². The number of para-hydroxylation sites is 1. The first-order chi connectivity index (χ1) is 8.74. The number of rotatable bonds is 2. The van der Waals surface area contributed by atoms with Crippen molar-refractivity contribution in [3.05, 3.63) is 41.2 Å². The van der Waals surface area contributed by atoms with Crippen LogP contribution in [-0.2, 0) is 0 Å². The second-order valence-corrected chi connectivity index (χ2v) is 4.35. The maximum atomic E-state index is 5.60. The molecule has 0 saturated carbocycles. The first-order valence-electron chi connectivity index (χ1n) is 5.90. The van der Waals surface area contributed by atoms with Gasteiger partial charge in [0.05, 0.1) is 17.4 Å². The Bertz CT molecular complexity index is 585. The van der Waals surface area contributed by atoms with Gasteiger partial charge < -0.3 is 10.1 Å². The Labute approximate surface area is 105 Å². The van der Waals surface area contributed by atoms with Crippen LogP contribution in [0.1, 0.15) is 23.0 Å². The van der Waals surface area contributed by atoms with E-state index in [1.807, 2.05) is 32.0 Å². The number of hydrogen-bond acceptors (Lipinski definition) is 5. The molecule has 2 aromatic rings. The highest BCUT2D eigenvalue weighted by atomic mass is 16.5. The maximum absolute atomic E-state index is 5.60. The van der Waals surface area contributed by atoms with Gasteiger partial charge in [0.25, 0.3) is 0 Å². The summed E-state index contributed by atoms with van der Waals surface area (Å²) >= 11 is 0. The molecule has 0 spiro atoms. The Balaban J connectivity index is 1.84. The van der Waals surface area contributed by atoms with Crippen LogP contribution >= 0.6 is 0 Å². The van der Waals surface area contributed by atoms with E-state index in [4.69, 9.17) is 4.74 Å². The largest absolute Gasteiger partial charge is 0.491 e. The van der Waals surface area contributed by atoms with Crippen molar-refractivity contribution in [1.29, 1.82) is 0 Å². The number of aryl methyl sites for hydroxylation is 2. The fraction of sp³-hybridized carbons (Fsp3) is 0.308. The summed E-state index contributed by atoms with van der Waals surface area (Å²) in [5, 5.41) is 11.4. The third-order valence-corrected chi connectivity index (χ3v) is 3.10. The standard InChI is InChI=1S/C13H14N4O/c1-8-9(2)16-17-13(14-8)15-11-7-18-12-6-4-3-5-10(11)12/h3-6,11H,7H2,1-2H3,(H,14,15,17). The Hall–Kier alpha value is -2.17. The molecule has 5 nitrogen and oxygen atoms in total. The van der Waals surface area contributed by atoms with Gasteiger partial charge in [0, 0.05) is 5.56 Å². The molecule has 5 heteroatoms.